The number of likely N-dealkylation sites (tertiary alicyclic amines) is 2. The number of rotatable bonds is 7. The second-order valence-electron chi connectivity index (χ2n) is 8.26. The molecule has 2 aliphatic rings. The highest BCUT2D eigenvalue weighted by Crippen LogP contribution is 2.43. The van der Waals surface area contributed by atoms with E-state index in [1.165, 1.54) is 11.3 Å². The Bertz CT molecular complexity index is 776. The quantitative estimate of drug-likeness (QED) is 0.486. The summed E-state index contributed by atoms with van der Waals surface area (Å²) in [6.45, 7) is 2.16. The van der Waals surface area contributed by atoms with Crippen LogP contribution >= 0.6 is 11.6 Å². The second-order valence-corrected chi connectivity index (χ2v) is 8.67. The molecule has 164 valence electrons. The normalized spacial score (nSPS) is 22.9. The molecule has 7 heteroatoms. The smallest absolute Gasteiger partial charge is 0.240 e. The molecule has 3 amide bonds. The first kappa shape index (κ1) is 22.8. The zero-order valence-corrected chi connectivity index (χ0v) is 18.5. The van der Waals surface area contributed by atoms with Crippen molar-refractivity contribution in [1.82, 2.24) is 9.80 Å². The molecule has 6 nitrogen and oxygen atoms in total. The van der Waals surface area contributed by atoms with E-state index in [1.807, 2.05) is 4.90 Å². The van der Waals surface area contributed by atoms with Crippen molar-refractivity contribution in [3.63, 3.8) is 0 Å². The van der Waals surface area contributed by atoms with Crippen molar-refractivity contribution >= 4 is 29.3 Å². The average molecular weight is 435 g/mol. The van der Waals surface area contributed by atoms with Crippen molar-refractivity contribution in [2.24, 2.45) is 0 Å². The molecule has 0 bridgehead atoms. The molecule has 2 fully saturated rings. The third-order valence-corrected chi connectivity index (χ3v) is 6.52. The van der Waals surface area contributed by atoms with E-state index < -0.39 is 5.41 Å². The molecule has 0 spiro atoms. The van der Waals surface area contributed by atoms with Crippen LogP contribution in [0.3, 0.4) is 0 Å². The molecular weight excluding hydrogens is 404 g/mol. The molecule has 1 aromatic carbocycles. The molecule has 0 N–H and O–H groups in total. The maximum atomic E-state index is 13.6. The van der Waals surface area contributed by atoms with Gasteiger partial charge < -0.3 is 9.64 Å². The minimum absolute atomic E-state index is 0.0257. The van der Waals surface area contributed by atoms with E-state index in [9.17, 15) is 14.4 Å². The van der Waals surface area contributed by atoms with Gasteiger partial charge in [0.2, 0.25) is 17.7 Å². The fourth-order valence-corrected chi connectivity index (χ4v) is 4.87. The van der Waals surface area contributed by atoms with Crippen LogP contribution in [-0.2, 0) is 24.5 Å². The lowest BCUT2D eigenvalue weighted by Crippen LogP contribution is -2.44. The maximum absolute atomic E-state index is 13.6. The molecule has 1 unspecified atom stereocenters. The number of methoxy groups -OCH3 is 1. The highest BCUT2D eigenvalue weighted by atomic mass is 35.5. The number of nitrogens with zero attached hydrogens (tertiary/aromatic N) is 2. The summed E-state index contributed by atoms with van der Waals surface area (Å²) in [5.74, 6) is -0.648. The number of carbonyl (C=O) groups excluding carboxylic acids is 3. The summed E-state index contributed by atoms with van der Waals surface area (Å²) in [7, 11) is 1.59. The first-order valence-electron chi connectivity index (χ1n) is 10.9. The zero-order chi connectivity index (χ0) is 21.6. The van der Waals surface area contributed by atoms with Crippen molar-refractivity contribution in [3.8, 4) is 0 Å². The van der Waals surface area contributed by atoms with E-state index in [0.29, 0.717) is 36.7 Å². The van der Waals surface area contributed by atoms with Crippen LogP contribution in [0.4, 0.5) is 0 Å². The Labute approximate surface area is 183 Å². The highest BCUT2D eigenvalue weighted by molar-refractivity contribution is 6.32. The SMILES string of the molecule is COCCCN1C(=O)CC(CC(=O)N2CCCCCCC2)(c2ccccc2Cl)C1=O. The molecular formula is C23H31ClN2O4. The molecule has 0 saturated carbocycles. The van der Waals surface area contributed by atoms with Gasteiger partial charge in [0.25, 0.3) is 0 Å². The van der Waals surface area contributed by atoms with E-state index in [0.717, 1.165) is 25.7 Å². The molecule has 1 atom stereocenters. The lowest BCUT2D eigenvalue weighted by molar-refractivity contribution is -0.143. The first-order chi connectivity index (χ1) is 14.5. The number of benzene rings is 1. The monoisotopic (exact) mass is 434 g/mol. The van der Waals surface area contributed by atoms with Gasteiger partial charge in [-0.1, -0.05) is 49.1 Å². The molecule has 3 rings (SSSR count). The summed E-state index contributed by atoms with van der Waals surface area (Å²) in [6.07, 6.45) is 5.89. The van der Waals surface area contributed by atoms with E-state index >= 15 is 0 Å². The van der Waals surface area contributed by atoms with Crippen LogP contribution < -0.4 is 0 Å². The largest absolute Gasteiger partial charge is 0.385 e. The van der Waals surface area contributed by atoms with Gasteiger partial charge in [-0.3, -0.25) is 19.3 Å². The van der Waals surface area contributed by atoms with Crippen molar-refractivity contribution in [2.45, 2.75) is 56.8 Å². The molecule has 0 aromatic heterocycles. The molecule has 2 aliphatic heterocycles. The molecule has 1 aromatic rings. The molecule has 2 heterocycles. The van der Waals surface area contributed by atoms with Gasteiger partial charge >= 0.3 is 0 Å². The summed E-state index contributed by atoms with van der Waals surface area (Å²) in [6, 6.07) is 7.07. The minimum atomic E-state index is -1.23. The predicted octanol–water partition coefficient (Wildman–Crippen LogP) is 3.56. The zero-order valence-electron chi connectivity index (χ0n) is 17.7. The Morgan fingerprint density at radius 3 is 2.43 bits per heavy atom. The maximum Gasteiger partial charge on any atom is 0.240 e. The Morgan fingerprint density at radius 1 is 1.10 bits per heavy atom. The molecule has 2 saturated heterocycles. The third kappa shape index (κ3) is 4.86. The lowest BCUT2D eigenvalue weighted by Gasteiger charge is -2.32. The third-order valence-electron chi connectivity index (χ3n) is 6.19. The van der Waals surface area contributed by atoms with Crippen LogP contribution in [0.5, 0.6) is 0 Å². The highest BCUT2D eigenvalue weighted by Gasteiger charge is 2.54. The summed E-state index contributed by atoms with van der Waals surface area (Å²) in [4.78, 5) is 42.8. The van der Waals surface area contributed by atoms with E-state index in [1.54, 1.807) is 31.4 Å². The fourth-order valence-electron chi connectivity index (χ4n) is 4.55. The Balaban J connectivity index is 1.89. The van der Waals surface area contributed by atoms with Crippen LogP contribution in [0.25, 0.3) is 0 Å². The molecule has 0 radical (unpaired) electrons. The summed E-state index contributed by atoms with van der Waals surface area (Å²) in [5, 5.41) is 0.415. The van der Waals surface area contributed by atoms with Crippen LogP contribution in [0.15, 0.2) is 24.3 Å². The average Bonchev–Trinajstić information content (AvgIpc) is 2.93. The number of imide groups is 1. The lowest BCUT2D eigenvalue weighted by atomic mass is 9.75. The van der Waals surface area contributed by atoms with Crippen LogP contribution in [-0.4, -0.2) is 60.9 Å². The van der Waals surface area contributed by atoms with Crippen molar-refractivity contribution in [3.05, 3.63) is 34.9 Å². The number of carbonyl (C=O) groups is 3. The Kier molecular flexibility index (Phi) is 7.89. The van der Waals surface area contributed by atoms with Gasteiger partial charge in [0.05, 0.1) is 5.41 Å². The topological polar surface area (TPSA) is 66.9 Å². The molecule has 0 aliphatic carbocycles. The van der Waals surface area contributed by atoms with Gasteiger partial charge in [0, 0.05) is 51.2 Å². The van der Waals surface area contributed by atoms with Crippen molar-refractivity contribution in [1.29, 1.82) is 0 Å². The molecule has 30 heavy (non-hydrogen) atoms. The number of halogens is 1. The first-order valence-corrected chi connectivity index (χ1v) is 11.2. The summed E-state index contributed by atoms with van der Waals surface area (Å²) >= 11 is 6.47. The minimum Gasteiger partial charge on any atom is -0.385 e. The Hall–Kier alpha value is -1.92. The standard InChI is InChI=1S/C23H31ClN2O4/c1-30-15-9-14-26-21(28)17-23(22(26)29,18-10-5-6-11-19(18)24)16-20(27)25-12-7-3-2-4-8-13-25/h5-6,10-11H,2-4,7-9,12-17H2,1H3. The van der Waals surface area contributed by atoms with Gasteiger partial charge in [-0.2, -0.15) is 0 Å². The van der Waals surface area contributed by atoms with Crippen LogP contribution in [0, 0.1) is 0 Å². The van der Waals surface area contributed by atoms with Gasteiger partial charge in [0.15, 0.2) is 0 Å². The van der Waals surface area contributed by atoms with E-state index in [2.05, 4.69) is 0 Å². The summed E-state index contributed by atoms with van der Waals surface area (Å²) < 4.78 is 5.06. The number of hydrogen-bond donors (Lipinski definition) is 0. The van der Waals surface area contributed by atoms with Crippen molar-refractivity contribution in [2.75, 3.05) is 33.4 Å². The predicted molar refractivity (Wildman–Crippen MR) is 115 cm³/mol. The van der Waals surface area contributed by atoms with Crippen LogP contribution in [0.2, 0.25) is 5.02 Å². The van der Waals surface area contributed by atoms with Crippen molar-refractivity contribution < 1.29 is 19.1 Å². The summed E-state index contributed by atoms with van der Waals surface area (Å²) in [5.41, 5.74) is -0.665. The number of hydrogen-bond acceptors (Lipinski definition) is 4. The van der Waals surface area contributed by atoms with Gasteiger partial charge in [-0.25, -0.2) is 0 Å². The van der Waals surface area contributed by atoms with Gasteiger partial charge in [-0.15, -0.1) is 0 Å². The van der Waals surface area contributed by atoms with E-state index in [-0.39, 0.29) is 37.1 Å². The number of amides is 3. The van der Waals surface area contributed by atoms with Gasteiger partial charge in [0.1, 0.15) is 0 Å². The van der Waals surface area contributed by atoms with E-state index in [4.69, 9.17) is 16.3 Å². The van der Waals surface area contributed by atoms with Gasteiger partial charge in [-0.05, 0) is 30.9 Å². The second kappa shape index (κ2) is 10.4. The van der Waals surface area contributed by atoms with Crippen LogP contribution in [0.1, 0.15) is 56.9 Å². The Morgan fingerprint density at radius 2 is 1.77 bits per heavy atom. The fraction of sp³-hybridized carbons (Fsp3) is 0.609. The number of ether oxygens (including phenoxy) is 1.